The van der Waals surface area contributed by atoms with Gasteiger partial charge in [0.1, 0.15) is 5.82 Å². The Balaban J connectivity index is 2.55. The molecular weight excluding hydrogens is 249 g/mol. The number of rotatable bonds is 1. The third kappa shape index (κ3) is 1.77. The molecular formula is C9H5BrFN3. The summed E-state index contributed by atoms with van der Waals surface area (Å²) in [6, 6.07) is 6.40. The van der Waals surface area contributed by atoms with Crippen molar-refractivity contribution in [1.82, 2.24) is 15.2 Å². The molecule has 0 bridgehead atoms. The van der Waals surface area contributed by atoms with Gasteiger partial charge in [-0.2, -0.15) is 5.10 Å². The lowest BCUT2D eigenvalue weighted by molar-refractivity contribution is 0.630. The number of hydrogen-bond acceptors (Lipinski definition) is 3. The first kappa shape index (κ1) is 9.21. The first-order chi connectivity index (χ1) is 6.77. The van der Waals surface area contributed by atoms with E-state index in [0.717, 1.165) is 0 Å². The summed E-state index contributed by atoms with van der Waals surface area (Å²) >= 11 is 3.08. The Morgan fingerprint density at radius 3 is 2.71 bits per heavy atom. The maximum absolute atomic E-state index is 13.3. The molecule has 0 amide bonds. The number of benzene rings is 1. The zero-order valence-corrected chi connectivity index (χ0v) is 8.57. The van der Waals surface area contributed by atoms with Crippen LogP contribution in [0.4, 0.5) is 4.39 Å². The van der Waals surface area contributed by atoms with E-state index in [4.69, 9.17) is 0 Å². The molecule has 14 heavy (non-hydrogen) atoms. The van der Waals surface area contributed by atoms with E-state index in [9.17, 15) is 4.39 Å². The fourth-order valence-electron chi connectivity index (χ4n) is 1.08. The minimum absolute atomic E-state index is 0.320. The van der Waals surface area contributed by atoms with Gasteiger partial charge in [0.2, 0.25) is 4.73 Å². The molecule has 70 valence electrons. The molecule has 0 saturated carbocycles. The van der Waals surface area contributed by atoms with E-state index in [0.29, 0.717) is 16.0 Å². The van der Waals surface area contributed by atoms with E-state index in [1.807, 2.05) is 0 Å². The lowest BCUT2D eigenvalue weighted by Gasteiger charge is -2.00. The molecule has 0 fully saturated rings. The summed E-state index contributed by atoms with van der Waals surface area (Å²) in [5, 5.41) is 7.30. The summed E-state index contributed by atoms with van der Waals surface area (Å²) in [6.07, 6.45) is 1.42. The van der Waals surface area contributed by atoms with Crippen molar-refractivity contribution in [2.45, 2.75) is 0 Å². The number of aromatic nitrogens is 3. The van der Waals surface area contributed by atoms with Crippen LogP contribution in [-0.4, -0.2) is 15.2 Å². The van der Waals surface area contributed by atoms with Gasteiger partial charge in [0.15, 0.2) is 0 Å². The smallest absolute Gasteiger partial charge is 0.218 e. The SMILES string of the molecule is Fc1ccccc1-c1cnnc(Br)n1. The lowest BCUT2D eigenvalue weighted by atomic mass is 10.1. The second-order valence-electron chi connectivity index (χ2n) is 2.59. The molecule has 2 aromatic rings. The quantitative estimate of drug-likeness (QED) is 0.784. The minimum Gasteiger partial charge on any atom is -0.219 e. The van der Waals surface area contributed by atoms with E-state index in [1.165, 1.54) is 12.3 Å². The molecule has 0 aliphatic rings. The van der Waals surface area contributed by atoms with Crippen molar-refractivity contribution in [2.75, 3.05) is 0 Å². The standard InChI is InChI=1S/C9H5BrFN3/c10-9-13-8(5-12-14-9)6-3-1-2-4-7(6)11/h1-5H. The minimum atomic E-state index is -0.320. The van der Waals surface area contributed by atoms with Crippen molar-refractivity contribution in [3.63, 3.8) is 0 Å². The zero-order chi connectivity index (χ0) is 9.97. The Kier molecular flexibility index (Phi) is 2.49. The summed E-state index contributed by atoms with van der Waals surface area (Å²) in [6.45, 7) is 0. The summed E-state index contributed by atoms with van der Waals surface area (Å²) < 4.78 is 13.6. The van der Waals surface area contributed by atoms with Crippen LogP contribution in [0, 0.1) is 5.82 Å². The molecule has 0 aliphatic carbocycles. The Morgan fingerprint density at radius 1 is 1.21 bits per heavy atom. The van der Waals surface area contributed by atoms with Crippen LogP contribution in [-0.2, 0) is 0 Å². The highest BCUT2D eigenvalue weighted by atomic mass is 79.9. The lowest BCUT2D eigenvalue weighted by Crippen LogP contribution is -1.92. The van der Waals surface area contributed by atoms with Gasteiger partial charge in [-0.3, -0.25) is 0 Å². The molecule has 0 unspecified atom stereocenters. The summed E-state index contributed by atoms with van der Waals surface area (Å²) in [4.78, 5) is 4.01. The first-order valence-electron chi connectivity index (χ1n) is 3.87. The number of nitrogens with zero attached hydrogens (tertiary/aromatic N) is 3. The highest BCUT2D eigenvalue weighted by molar-refractivity contribution is 9.10. The van der Waals surface area contributed by atoms with Crippen molar-refractivity contribution in [2.24, 2.45) is 0 Å². The van der Waals surface area contributed by atoms with Gasteiger partial charge in [-0.1, -0.05) is 12.1 Å². The molecule has 1 aromatic carbocycles. The Bertz CT molecular complexity index is 461. The van der Waals surface area contributed by atoms with Gasteiger partial charge in [-0.25, -0.2) is 9.37 Å². The van der Waals surface area contributed by atoms with Crippen LogP contribution in [0.3, 0.4) is 0 Å². The van der Waals surface area contributed by atoms with Crippen LogP contribution in [0.25, 0.3) is 11.3 Å². The van der Waals surface area contributed by atoms with Crippen LogP contribution in [0.5, 0.6) is 0 Å². The van der Waals surface area contributed by atoms with Crippen LogP contribution in [0.1, 0.15) is 0 Å². The van der Waals surface area contributed by atoms with Crippen LogP contribution in [0.15, 0.2) is 35.2 Å². The zero-order valence-electron chi connectivity index (χ0n) is 6.98. The van der Waals surface area contributed by atoms with E-state index in [-0.39, 0.29) is 5.82 Å². The van der Waals surface area contributed by atoms with Crippen LogP contribution >= 0.6 is 15.9 Å². The number of halogens is 2. The molecule has 0 N–H and O–H groups in total. The van der Waals surface area contributed by atoms with Crippen molar-refractivity contribution >= 4 is 15.9 Å². The van der Waals surface area contributed by atoms with Crippen LogP contribution in [0.2, 0.25) is 0 Å². The fourth-order valence-corrected chi connectivity index (χ4v) is 1.36. The maximum Gasteiger partial charge on any atom is 0.218 e. The summed E-state index contributed by atoms with van der Waals surface area (Å²) in [5.74, 6) is -0.320. The molecule has 2 rings (SSSR count). The Hall–Kier alpha value is -1.36. The third-order valence-electron chi connectivity index (χ3n) is 1.68. The van der Waals surface area contributed by atoms with E-state index < -0.39 is 0 Å². The molecule has 0 spiro atoms. The molecule has 1 heterocycles. The predicted molar refractivity (Wildman–Crippen MR) is 52.9 cm³/mol. The Morgan fingerprint density at radius 2 is 2.00 bits per heavy atom. The van der Waals surface area contributed by atoms with Crippen LogP contribution < -0.4 is 0 Å². The van der Waals surface area contributed by atoms with Gasteiger partial charge in [0.25, 0.3) is 0 Å². The monoisotopic (exact) mass is 253 g/mol. The second-order valence-corrected chi connectivity index (χ2v) is 3.30. The Labute approximate surface area is 88.1 Å². The second kappa shape index (κ2) is 3.79. The molecule has 0 radical (unpaired) electrons. The normalized spacial score (nSPS) is 10.1. The topological polar surface area (TPSA) is 38.7 Å². The van der Waals surface area contributed by atoms with Crippen molar-refractivity contribution in [1.29, 1.82) is 0 Å². The van der Waals surface area contributed by atoms with Crippen molar-refractivity contribution < 1.29 is 4.39 Å². The van der Waals surface area contributed by atoms with Gasteiger partial charge in [-0.05, 0) is 28.1 Å². The third-order valence-corrected chi connectivity index (χ3v) is 2.02. The van der Waals surface area contributed by atoms with E-state index in [2.05, 4.69) is 31.1 Å². The van der Waals surface area contributed by atoms with Gasteiger partial charge in [-0.15, -0.1) is 5.10 Å². The predicted octanol–water partition coefficient (Wildman–Crippen LogP) is 2.44. The molecule has 0 aliphatic heterocycles. The first-order valence-corrected chi connectivity index (χ1v) is 4.67. The number of hydrogen-bond donors (Lipinski definition) is 0. The molecule has 1 aromatic heterocycles. The molecule has 0 atom stereocenters. The highest BCUT2D eigenvalue weighted by Gasteiger charge is 2.06. The van der Waals surface area contributed by atoms with Gasteiger partial charge in [0.05, 0.1) is 11.9 Å². The molecule has 0 saturated heterocycles. The van der Waals surface area contributed by atoms with Crippen molar-refractivity contribution in [3.8, 4) is 11.3 Å². The maximum atomic E-state index is 13.3. The highest BCUT2D eigenvalue weighted by Crippen LogP contribution is 2.19. The van der Waals surface area contributed by atoms with Crippen molar-refractivity contribution in [3.05, 3.63) is 41.0 Å². The largest absolute Gasteiger partial charge is 0.219 e. The average Bonchev–Trinajstić information content (AvgIpc) is 2.18. The van der Waals surface area contributed by atoms with Gasteiger partial charge < -0.3 is 0 Å². The molecule has 5 heteroatoms. The van der Waals surface area contributed by atoms with Gasteiger partial charge >= 0.3 is 0 Å². The van der Waals surface area contributed by atoms with Gasteiger partial charge in [0, 0.05) is 5.56 Å². The van der Waals surface area contributed by atoms with E-state index in [1.54, 1.807) is 18.2 Å². The fraction of sp³-hybridized carbons (Fsp3) is 0. The summed E-state index contributed by atoms with van der Waals surface area (Å²) in [7, 11) is 0. The van der Waals surface area contributed by atoms with E-state index >= 15 is 0 Å². The average molecular weight is 254 g/mol. The molecule has 3 nitrogen and oxygen atoms in total. The summed E-state index contributed by atoms with van der Waals surface area (Å²) in [5.41, 5.74) is 0.882.